The van der Waals surface area contributed by atoms with E-state index in [-0.39, 0.29) is 24.9 Å². The Morgan fingerprint density at radius 3 is 2.68 bits per heavy atom. The lowest BCUT2D eigenvalue weighted by Gasteiger charge is -2.36. The molecule has 0 aromatic heterocycles. The van der Waals surface area contributed by atoms with Gasteiger partial charge in [0.1, 0.15) is 0 Å². The van der Waals surface area contributed by atoms with Crippen LogP contribution >= 0.6 is 11.6 Å². The molecule has 1 aromatic carbocycles. The Kier molecular flexibility index (Phi) is 3.65. The van der Waals surface area contributed by atoms with Gasteiger partial charge in [0.05, 0.1) is 18.6 Å². The zero-order chi connectivity index (χ0) is 14.2. The van der Waals surface area contributed by atoms with Crippen molar-refractivity contribution in [1.82, 2.24) is 10.2 Å². The summed E-state index contributed by atoms with van der Waals surface area (Å²) in [6, 6.07) is 5.61. The Bertz CT molecular complexity index is 540. The van der Waals surface area contributed by atoms with Gasteiger partial charge in [-0.05, 0) is 38.0 Å². The van der Waals surface area contributed by atoms with Gasteiger partial charge in [-0.1, -0.05) is 23.7 Å². The fraction of sp³-hybridized carbons (Fsp3) is 0.429. The number of amides is 2. The van der Waals surface area contributed by atoms with E-state index in [2.05, 4.69) is 5.32 Å². The molecule has 0 bridgehead atoms. The average molecular weight is 281 g/mol. The predicted octanol–water partition coefficient (Wildman–Crippen LogP) is 1.89. The van der Waals surface area contributed by atoms with Gasteiger partial charge in [0.2, 0.25) is 11.8 Å². The summed E-state index contributed by atoms with van der Waals surface area (Å²) in [6.45, 7) is 5.88. The largest absolute Gasteiger partial charge is 0.295 e. The molecule has 1 heterocycles. The van der Waals surface area contributed by atoms with E-state index in [0.29, 0.717) is 5.02 Å². The molecule has 1 fully saturated rings. The van der Waals surface area contributed by atoms with Gasteiger partial charge in [-0.15, -0.1) is 0 Å². The molecule has 0 atom stereocenters. The first-order valence-electron chi connectivity index (χ1n) is 6.16. The van der Waals surface area contributed by atoms with Crippen LogP contribution in [0.25, 0.3) is 0 Å². The normalized spacial score (nSPS) is 18.8. The smallest absolute Gasteiger partial charge is 0.249 e. The van der Waals surface area contributed by atoms with Crippen LogP contribution in [-0.4, -0.2) is 28.8 Å². The number of carbonyl (C=O) groups is 2. The van der Waals surface area contributed by atoms with Crippen molar-refractivity contribution in [2.45, 2.75) is 32.9 Å². The number of hydrogen-bond acceptors (Lipinski definition) is 3. The minimum absolute atomic E-state index is 0.169. The predicted molar refractivity (Wildman–Crippen MR) is 73.8 cm³/mol. The molecule has 19 heavy (non-hydrogen) atoms. The number of imide groups is 1. The molecule has 0 saturated carbocycles. The summed E-state index contributed by atoms with van der Waals surface area (Å²) in [4.78, 5) is 25.4. The van der Waals surface area contributed by atoms with E-state index < -0.39 is 5.54 Å². The minimum Gasteiger partial charge on any atom is -0.295 e. The Morgan fingerprint density at radius 2 is 2.05 bits per heavy atom. The number of benzene rings is 1. The summed E-state index contributed by atoms with van der Waals surface area (Å²) in [7, 11) is 0. The summed E-state index contributed by atoms with van der Waals surface area (Å²) in [5, 5.41) is 3.50. The lowest BCUT2D eigenvalue weighted by atomic mass is 10.00. The van der Waals surface area contributed by atoms with E-state index in [0.717, 1.165) is 11.1 Å². The molecule has 0 aliphatic carbocycles. The highest BCUT2D eigenvalue weighted by Crippen LogP contribution is 2.22. The molecule has 1 aromatic rings. The first-order chi connectivity index (χ1) is 8.81. The molecule has 102 valence electrons. The summed E-state index contributed by atoms with van der Waals surface area (Å²) in [6.07, 6.45) is 0. The van der Waals surface area contributed by atoms with Crippen LogP contribution in [0, 0.1) is 6.92 Å². The summed E-state index contributed by atoms with van der Waals surface area (Å²) >= 11 is 6.15. The maximum absolute atomic E-state index is 12.2. The molecule has 1 saturated heterocycles. The van der Waals surface area contributed by atoms with Crippen molar-refractivity contribution in [1.29, 1.82) is 0 Å². The fourth-order valence-electron chi connectivity index (χ4n) is 2.03. The number of rotatable bonds is 2. The molecule has 1 aliphatic rings. The third-order valence-corrected chi connectivity index (χ3v) is 3.65. The molecule has 0 radical (unpaired) electrons. The van der Waals surface area contributed by atoms with Gasteiger partial charge in [-0.25, -0.2) is 0 Å². The zero-order valence-corrected chi connectivity index (χ0v) is 12.0. The SMILES string of the molecule is Cc1ccc(CN2C(=O)CNC(C)(C)C2=O)c(Cl)c1. The Balaban J connectivity index is 2.25. The Labute approximate surface area is 117 Å². The van der Waals surface area contributed by atoms with E-state index in [1.165, 1.54) is 4.90 Å². The second kappa shape index (κ2) is 4.94. The van der Waals surface area contributed by atoms with Crippen molar-refractivity contribution in [2.75, 3.05) is 6.54 Å². The van der Waals surface area contributed by atoms with Gasteiger partial charge in [0, 0.05) is 5.02 Å². The van der Waals surface area contributed by atoms with Gasteiger partial charge < -0.3 is 0 Å². The van der Waals surface area contributed by atoms with Crippen molar-refractivity contribution in [2.24, 2.45) is 0 Å². The molecular weight excluding hydrogens is 264 g/mol. The number of nitrogens with zero attached hydrogens (tertiary/aromatic N) is 1. The van der Waals surface area contributed by atoms with Crippen LogP contribution in [0.15, 0.2) is 18.2 Å². The maximum Gasteiger partial charge on any atom is 0.249 e. The lowest BCUT2D eigenvalue weighted by molar-refractivity contribution is -0.153. The van der Waals surface area contributed by atoms with Gasteiger partial charge >= 0.3 is 0 Å². The third kappa shape index (κ3) is 2.80. The van der Waals surface area contributed by atoms with E-state index in [1.807, 2.05) is 25.1 Å². The summed E-state index contributed by atoms with van der Waals surface area (Å²) in [5.74, 6) is -0.443. The standard InChI is InChI=1S/C14H17ClN2O2/c1-9-4-5-10(11(15)6-9)8-17-12(18)7-16-14(2,3)13(17)19/h4-6,16H,7-8H2,1-3H3. The first-order valence-corrected chi connectivity index (χ1v) is 6.54. The number of hydrogen-bond donors (Lipinski definition) is 1. The van der Waals surface area contributed by atoms with Crippen molar-refractivity contribution < 1.29 is 9.59 Å². The molecule has 1 aliphatic heterocycles. The van der Waals surface area contributed by atoms with Gasteiger partial charge in [-0.3, -0.25) is 19.8 Å². The first kappa shape index (κ1) is 14.0. The van der Waals surface area contributed by atoms with Crippen molar-refractivity contribution in [3.8, 4) is 0 Å². The van der Waals surface area contributed by atoms with E-state index in [9.17, 15) is 9.59 Å². The van der Waals surface area contributed by atoms with E-state index in [4.69, 9.17) is 11.6 Å². The van der Waals surface area contributed by atoms with Crippen LogP contribution in [0.1, 0.15) is 25.0 Å². The van der Waals surface area contributed by atoms with Gasteiger partial charge in [0.25, 0.3) is 0 Å². The molecule has 2 rings (SSSR count). The molecule has 0 unspecified atom stereocenters. The van der Waals surface area contributed by atoms with Gasteiger partial charge in [0.15, 0.2) is 0 Å². The second-order valence-electron chi connectivity index (χ2n) is 5.36. The van der Waals surface area contributed by atoms with Crippen LogP contribution in [0.3, 0.4) is 0 Å². The molecule has 2 amide bonds. The summed E-state index contributed by atoms with van der Waals surface area (Å²) < 4.78 is 0. The molecular formula is C14H17ClN2O2. The molecule has 5 heteroatoms. The van der Waals surface area contributed by atoms with E-state index >= 15 is 0 Å². The Hall–Kier alpha value is -1.39. The number of nitrogens with one attached hydrogen (secondary N) is 1. The lowest BCUT2D eigenvalue weighted by Crippen LogP contribution is -2.63. The zero-order valence-electron chi connectivity index (χ0n) is 11.3. The van der Waals surface area contributed by atoms with E-state index in [1.54, 1.807) is 13.8 Å². The quantitative estimate of drug-likeness (QED) is 0.842. The van der Waals surface area contributed by atoms with Crippen molar-refractivity contribution in [3.63, 3.8) is 0 Å². The Morgan fingerprint density at radius 1 is 1.37 bits per heavy atom. The molecule has 1 N–H and O–H groups in total. The third-order valence-electron chi connectivity index (χ3n) is 3.30. The van der Waals surface area contributed by atoms with Gasteiger partial charge in [-0.2, -0.15) is 0 Å². The van der Waals surface area contributed by atoms with Crippen LogP contribution in [0.5, 0.6) is 0 Å². The monoisotopic (exact) mass is 280 g/mol. The highest BCUT2D eigenvalue weighted by atomic mass is 35.5. The number of aryl methyl sites for hydroxylation is 1. The average Bonchev–Trinajstić information content (AvgIpc) is 2.33. The van der Waals surface area contributed by atoms with Crippen LogP contribution in [0.4, 0.5) is 0 Å². The molecule has 0 spiro atoms. The highest BCUT2D eigenvalue weighted by Gasteiger charge is 2.39. The second-order valence-corrected chi connectivity index (χ2v) is 5.77. The van der Waals surface area contributed by atoms with Crippen LogP contribution in [-0.2, 0) is 16.1 Å². The van der Waals surface area contributed by atoms with Crippen molar-refractivity contribution >= 4 is 23.4 Å². The minimum atomic E-state index is -0.717. The number of piperazine rings is 1. The maximum atomic E-state index is 12.2. The van der Waals surface area contributed by atoms with Crippen molar-refractivity contribution in [3.05, 3.63) is 34.3 Å². The van der Waals surface area contributed by atoms with Crippen LogP contribution in [0.2, 0.25) is 5.02 Å². The number of carbonyl (C=O) groups excluding carboxylic acids is 2. The van der Waals surface area contributed by atoms with Crippen LogP contribution < -0.4 is 5.32 Å². The summed E-state index contributed by atoms with van der Waals surface area (Å²) in [5.41, 5.74) is 1.11. The molecule has 4 nitrogen and oxygen atoms in total. The topological polar surface area (TPSA) is 49.4 Å². The fourth-order valence-corrected chi connectivity index (χ4v) is 2.32. The number of halogens is 1. The highest BCUT2D eigenvalue weighted by molar-refractivity contribution is 6.31.